The van der Waals surface area contributed by atoms with Crippen LogP contribution in [0.15, 0.2) is 0 Å². The van der Waals surface area contributed by atoms with E-state index in [4.69, 9.17) is 23.7 Å². The topological polar surface area (TPSA) is 278 Å². The summed E-state index contributed by atoms with van der Waals surface area (Å²) in [5.41, 5.74) is 0. The third kappa shape index (κ3) is 6.38. The zero-order valence-electron chi connectivity index (χ0n) is 19.7. The summed E-state index contributed by atoms with van der Waals surface area (Å²) in [6, 6.07) is -1.38. The van der Waals surface area contributed by atoms with Crippen LogP contribution >= 0.6 is 0 Å². The molecule has 0 spiro atoms. The fourth-order valence-electron chi connectivity index (χ4n) is 4.46. The van der Waals surface area contributed by atoms with Gasteiger partial charge in [0.05, 0.1) is 19.8 Å². The highest BCUT2D eigenvalue weighted by atomic mass is 16.7. The summed E-state index contributed by atoms with van der Waals surface area (Å²) < 4.78 is 26.9. The van der Waals surface area contributed by atoms with Gasteiger partial charge in [0.2, 0.25) is 5.91 Å². The van der Waals surface area contributed by atoms with Gasteiger partial charge in [-0.15, -0.1) is 0 Å². The van der Waals surface area contributed by atoms with Crippen LogP contribution in [0.5, 0.6) is 0 Å². The van der Waals surface area contributed by atoms with Crippen molar-refractivity contribution in [2.24, 2.45) is 0 Å². The third-order valence-electron chi connectivity index (χ3n) is 6.49. The molecule has 0 saturated carbocycles. The Kier molecular flexibility index (Phi) is 10.5. The van der Waals surface area contributed by atoms with E-state index >= 15 is 0 Å². The Morgan fingerprint density at radius 1 is 0.649 bits per heavy atom. The molecule has 0 aromatic carbocycles. The molecule has 17 nitrogen and oxygen atoms in total. The number of aliphatic hydroxyl groups excluding tert-OH is 10. The number of carbonyl (C=O) groups excluding carboxylic acids is 1. The normalized spacial score (nSPS) is 49.0. The molecule has 0 aromatic rings. The van der Waals surface area contributed by atoms with Crippen molar-refractivity contribution in [2.75, 3.05) is 19.8 Å². The first kappa shape index (κ1) is 30.4. The number of aliphatic hydroxyl groups is 10. The SMILES string of the molecule is CC(=O)N[C@H]1C(O)O[C@H](CO)[C@@H](O[C@@H]2O[C@H](CO)[C@H](O[C@@H]3O[C@H](CO)[C@H](O)[C@H](O)[C@H]3O)[C@H](O)[C@H]2O)[C@@H]1O. The molecule has 0 aliphatic carbocycles. The zero-order chi connectivity index (χ0) is 27.6. The smallest absolute Gasteiger partial charge is 0.217 e. The highest BCUT2D eigenvalue weighted by Crippen LogP contribution is 2.32. The second-order valence-electron chi connectivity index (χ2n) is 9.07. The standard InChI is InChI=1S/C20H35NO16/c1-5(25)21-9-11(27)16(7(3-23)33-18(9)32)36-20-15(31)13(29)17(8(4-24)35-20)37-19-14(30)12(28)10(26)6(2-22)34-19/h6-20,22-24,26-32H,2-4H2,1H3,(H,21,25)/t6-,7-,8-,9-,10+,11-,12+,13-,14-,15-,16-,17+,18?,19+,20+/m1/s1. The number of nitrogens with one attached hydrogen (secondary N) is 1. The summed E-state index contributed by atoms with van der Waals surface area (Å²) in [6.07, 6.45) is -23.2. The molecule has 1 unspecified atom stereocenters. The van der Waals surface area contributed by atoms with Crippen molar-refractivity contribution in [1.82, 2.24) is 5.32 Å². The first-order chi connectivity index (χ1) is 17.4. The summed E-state index contributed by atoms with van der Waals surface area (Å²) >= 11 is 0. The van der Waals surface area contributed by atoms with Crippen LogP contribution < -0.4 is 5.32 Å². The van der Waals surface area contributed by atoms with E-state index < -0.39 is 118 Å². The predicted octanol–water partition coefficient (Wildman–Crippen LogP) is -7.43. The molecule has 0 aromatic heterocycles. The van der Waals surface area contributed by atoms with Crippen molar-refractivity contribution in [3.63, 3.8) is 0 Å². The molecule has 3 aliphatic rings. The maximum Gasteiger partial charge on any atom is 0.217 e. The van der Waals surface area contributed by atoms with E-state index in [1.165, 1.54) is 0 Å². The van der Waals surface area contributed by atoms with Gasteiger partial charge in [0.1, 0.15) is 73.2 Å². The highest BCUT2D eigenvalue weighted by Gasteiger charge is 2.53. The minimum absolute atomic E-state index is 0.620. The Morgan fingerprint density at radius 2 is 1.11 bits per heavy atom. The van der Waals surface area contributed by atoms with Crippen molar-refractivity contribution in [2.45, 2.75) is 99.0 Å². The van der Waals surface area contributed by atoms with Gasteiger partial charge in [-0.2, -0.15) is 0 Å². The summed E-state index contributed by atoms with van der Waals surface area (Å²) in [4.78, 5) is 11.4. The molecule has 3 heterocycles. The molecule has 0 radical (unpaired) electrons. The summed E-state index contributed by atoms with van der Waals surface area (Å²) in [7, 11) is 0. The van der Waals surface area contributed by atoms with Crippen molar-refractivity contribution < 1.29 is 79.5 Å². The maximum absolute atomic E-state index is 11.4. The third-order valence-corrected chi connectivity index (χ3v) is 6.49. The first-order valence-electron chi connectivity index (χ1n) is 11.6. The Labute approximate surface area is 210 Å². The van der Waals surface area contributed by atoms with Gasteiger partial charge in [0, 0.05) is 6.92 Å². The molecule has 3 saturated heterocycles. The summed E-state index contributed by atoms with van der Waals surface area (Å²) in [5, 5.41) is 103. The maximum atomic E-state index is 11.4. The fourth-order valence-corrected chi connectivity index (χ4v) is 4.46. The van der Waals surface area contributed by atoms with Crippen LogP contribution in [0.3, 0.4) is 0 Å². The van der Waals surface area contributed by atoms with Gasteiger partial charge in [0.25, 0.3) is 0 Å². The van der Waals surface area contributed by atoms with E-state index in [0.717, 1.165) is 6.92 Å². The van der Waals surface area contributed by atoms with Crippen LogP contribution in [-0.4, -0.2) is 169 Å². The summed E-state index contributed by atoms with van der Waals surface area (Å²) in [6.45, 7) is -1.21. The monoisotopic (exact) mass is 545 g/mol. The first-order valence-corrected chi connectivity index (χ1v) is 11.6. The van der Waals surface area contributed by atoms with Crippen molar-refractivity contribution in [3.8, 4) is 0 Å². The number of carbonyl (C=O) groups is 1. The zero-order valence-corrected chi connectivity index (χ0v) is 19.7. The van der Waals surface area contributed by atoms with Crippen LogP contribution in [-0.2, 0) is 28.5 Å². The number of hydrogen-bond donors (Lipinski definition) is 11. The number of hydrogen-bond acceptors (Lipinski definition) is 16. The van der Waals surface area contributed by atoms with E-state index in [1.807, 2.05) is 0 Å². The van der Waals surface area contributed by atoms with E-state index in [1.54, 1.807) is 0 Å². The number of ether oxygens (including phenoxy) is 5. The molecular formula is C20H35NO16. The van der Waals surface area contributed by atoms with Gasteiger partial charge >= 0.3 is 0 Å². The molecule has 17 heteroatoms. The molecule has 0 bridgehead atoms. The van der Waals surface area contributed by atoms with Crippen molar-refractivity contribution in [1.29, 1.82) is 0 Å². The Balaban J connectivity index is 1.74. The second-order valence-corrected chi connectivity index (χ2v) is 9.07. The molecule has 3 fully saturated rings. The van der Waals surface area contributed by atoms with Crippen LogP contribution in [0.1, 0.15) is 6.92 Å². The van der Waals surface area contributed by atoms with E-state index in [2.05, 4.69) is 5.32 Å². The van der Waals surface area contributed by atoms with Crippen molar-refractivity contribution in [3.05, 3.63) is 0 Å². The highest BCUT2D eigenvalue weighted by molar-refractivity contribution is 5.73. The lowest BCUT2D eigenvalue weighted by molar-refractivity contribution is -0.373. The minimum atomic E-state index is -1.92. The largest absolute Gasteiger partial charge is 0.394 e. The Hall–Kier alpha value is -1.13. The minimum Gasteiger partial charge on any atom is -0.394 e. The average molecular weight is 545 g/mol. The summed E-state index contributed by atoms with van der Waals surface area (Å²) in [5.74, 6) is -0.620. The van der Waals surface area contributed by atoms with E-state index in [0.29, 0.717) is 0 Å². The quantitative estimate of drug-likeness (QED) is 0.135. The fraction of sp³-hybridized carbons (Fsp3) is 0.950. The van der Waals surface area contributed by atoms with E-state index in [-0.39, 0.29) is 0 Å². The Bertz CT molecular complexity index is 743. The van der Waals surface area contributed by atoms with Gasteiger partial charge in [-0.3, -0.25) is 4.79 Å². The molecule has 11 N–H and O–H groups in total. The second kappa shape index (κ2) is 12.8. The molecular weight excluding hydrogens is 510 g/mol. The van der Waals surface area contributed by atoms with Crippen LogP contribution in [0.25, 0.3) is 0 Å². The van der Waals surface area contributed by atoms with Crippen LogP contribution in [0, 0.1) is 0 Å². The lowest BCUT2D eigenvalue weighted by Gasteiger charge is -2.48. The molecule has 3 aliphatic heterocycles. The van der Waals surface area contributed by atoms with Gasteiger partial charge in [-0.1, -0.05) is 0 Å². The Morgan fingerprint density at radius 3 is 1.62 bits per heavy atom. The predicted molar refractivity (Wildman–Crippen MR) is 113 cm³/mol. The molecule has 15 atom stereocenters. The molecule has 37 heavy (non-hydrogen) atoms. The molecule has 3 rings (SSSR count). The van der Waals surface area contributed by atoms with E-state index in [9.17, 15) is 55.9 Å². The van der Waals surface area contributed by atoms with Crippen LogP contribution in [0.4, 0.5) is 0 Å². The van der Waals surface area contributed by atoms with Crippen molar-refractivity contribution >= 4 is 5.91 Å². The van der Waals surface area contributed by atoms with Gasteiger partial charge in [-0.05, 0) is 0 Å². The van der Waals surface area contributed by atoms with Gasteiger partial charge < -0.3 is 80.1 Å². The lowest BCUT2D eigenvalue weighted by Crippen LogP contribution is -2.68. The molecule has 216 valence electrons. The number of amides is 1. The molecule has 1 amide bonds. The van der Waals surface area contributed by atoms with Gasteiger partial charge in [-0.25, -0.2) is 0 Å². The van der Waals surface area contributed by atoms with Crippen LogP contribution in [0.2, 0.25) is 0 Å². The van der Waals surface area contributed by atoms with Gasteiger partial charge in [0.15, 0.2) is 18.9 Å². The average Bonchev–Trinajstić information content (AvgIpc) is 2.87. The lowest BCUT2D eigenvalue weighted by atomic mass is 9.95. The number of rotatable bonds is 8.